The molecule has 0 aliphatic carbocycles. The normalized spacial score (nSPS) is 15.1. The number of benzene rings is 1. The van der Waals surface area contributed by atoms with Crippen molar-refractivity contribution < 1.29 is 14.8 Å². The third-order valence-electron chi connectivity index (χ3n) is 2.70. The van der Waals surface area contributed by atoms with E-state index in [2.05, 4.69) is 0 Å². The number of hydrogen-bond acceptors (Lipinski definition) is 3. The fourth-order valence-electron chi connectivity index (χ4n) is 1.77. The second kappa shape index (κ2) is 3.68. The van der Waals surface area contributed by atoms with Gasteiger partial charge in [0.05, 0.1) is 6.42 Å². The van der Waals surface area contributed by atoms with Crippen LogP contribution in [0.2, 0.25) is 0 Å². The molecule has 1 heterocycles. The molecule has 0 saturated heterocycles. The van der Waals surface area contributed by atoms with Gasteiger partial charge in [0.1, 0.15) is 0 Å². The summed E-state index contributed by atoms with van der Waals surface area (Å²) in [6.07, 6.45) is 0.340. The van der Waals surface area contributed by atoms with Crippen molar-refractivity contribution in [2.45, 2.75) is 13.0 Å². The Hall–Kier alpha value is -1.33. The molecule has 1 aromatic rings. The van der Waals surface area contributed by atoms with Gasteiger partial charge in [0.25, 0.3) is 0 Å². The Morgan fingerprint density at radius 1 is 1.33 bits per heavy atom. The SMILES string of the molecule is CN1Cc2ccc(B(O)O)cc2CC1=O. The maximum atomic E-state index is 11.4. The second-order valence-corrected chi connectivity index (χ2v) is 3.83. The molecule has 0 bridgehead atoms. The molecule has 1 aromatic carbocycles. The number of carbonyl (C=O) groups is 1. The van der Waals surface area contributed by atoms with Crippen LogP contribution in [-0.2, 0) is 17.8 Å². The average molecular weight is 205 g/mol. The summed E-state index contributed by atoms with van der Waals surface area (Å²) >= 11 is 0. The first-order chi connectivity index (χ1) is 7.08. The van der Waals surface area contributed by atoms with Crippen LogP contribution in [0.3, 0.4) is 0 Å². The predicted octanol–water partition coefficient (Wildman–Crippen LogP) is -1.12. The van der Waals surface area contributed by atoms with Gasteiger partial charge in [-0.3, -0.25) is 4.79 Å². The molecule has 1 aliphatic rings. The van der Waals surface area contributed by atoms with Gasteiger partial charge >= 0.3 is 7.12 Å². The van der Waals surface area contributed by atoms with Crippen LogP contribution in [-0.4, -0.2) is 35.0 Å². The summed E-state index contributed by atoms with van der Waals surface area (Å²) < 4.78 is 0. The first kappa shape index (κ1) is 10.2. The van der Waals surface area contributed by atoms with Crippen molar-refractivity contribution in [2.75, 3.05) is 7.05 Å². The maximum absolute atomic E-state index is 11.4. The van der Waals surface area contributed by atoms with Gasteiger partial charge in [-0.1, -0.05) is 18.2 Å². The molecule has 4 nitrogen and oxygen atoms in total. The Balaban J connectivity index is 2.37. The van der Waals surface area contributed by atoms with Gasteiger partial charge in [0, 0.05) is 13.6 Å². The summed E-state index contributed by atoms with van der Waals surface area (Å²) in [5.41, 5.74) is 2.40. The molecule has 2 rings (SSSR count). The van der Waals surface area contributed by atoms with Gasteiger partial charge in [-0.25, -0.2) is 0 Å². The molecule has 0 fully saturated rings. The topological polar surface area (TPSA) is 60.8 Å². The van der Waals surface area contributed by atoms with Crippen LogP contribution in [0, 0.1) is 0 Å². The third kappa shape index (κ3) is 1.89. The van der Waals surface area contributed by atoms with Crippen LogP contribution in [0.5, 0.6) is 0 Å². The fraction of sp³-hybridized carbons (Fsp3) is 0.300. The highest BCUT2D eigenvalue weighted by atomic mass is 16.4. The lowest BCUT2D eigenvalue weighted by Gasteiger charge is -2.25. The Labute approximate surface area is 88.3 Å². The van der Waals surface area contributed by atoms with Crippen molar-refractivity contribution in [2.24, 2.45) is 0 Å². The van der Waals surface area contributed by atoms with Crippen molar-refractivity contribution in [3.8, 4) is 0 Å². The molecule has 5 heteroatoms. The number of hydrogen-bond donors (Lipinski definition) is 2. The summed E-state index contributed by atoms with van der Waals surface area (Å²) in [6, 6.07) is 5.20. The Morgan fingerprint density at radius 2 is 2.07 bits per heavy atom. The van der Waals surface area contributed by atoms with E-state index in [9.17, 15) is 4.79 Å². The van der Waals surface area contributed by atoms with E-state index in [-0.39, 0.29) is 5.91 Å². The van der Waals surface area contributed by atoms with Gasteiger partial charge < -0.3 is 14.9 Å². The molecule has 15 heavy (non-hydrogen) atoms. The Morgan fingerprint density at radius 3 is 2.73 bits per heavy atom. The van der Waals surface area contributed by atoms with E-state index < -0.39 is 7.12 Å². The van der Waals surface area contributed by atoms with Crippen LogP contribution in [0.25, 0.3) is 0 Å². The number of likely N-dealkylation sites (N-methyl/N-ethyl adjacent to an activating group) is 1. The van der Waals surface area contributed by atoms with E-state index in [0.717, 1.165) is 11.1 Å². The van der Waals surface area contributed by atoms with Crippen LogP contribution in [0.15, 0.2) is 18.2 Å². The zero-order valence-corrected chi connectivity index (χ0v) is 8.47. The summed E-state index contributed by atoms with van der Waals surface area (Å²) in [5.74, 6) is 0.0621. The summed E-state index contributed by atoms with van der Waals surface area (Å²) in [4.78, 5) is 13.1. The zero-order chi connectivity index (χ0) is 11.0. The quantitative estimate of drug-likeness (QED) is 0.571. The molecule has 0 unspecified atom stereocenters. The second-order valence-electron chi connectivity index (χ2n) is 3.83. The first-order valence-corrected chi connectivity index (χ1v) is 4.79. The number of amides is 1. The van der Waals surface area contributed by atoms with Gasteiger partial charge in [0.2, 0.25) is 5.91 Å². The number of nitrogens with zero attached hydrogens (tertiary/aromatic N) is 1. The van der Waals surface area contributed by atoms with Crippen LogP contribution in [0.1, 0.15) is 11.1 Å². The van der Waals surface area contributed by atoms with E-state index in [0.29, 0.717) is 18.4 Å². The smallest absolute Gasteiger partial charge is 0.423 e. The Kier molecular flexibility index (Phi) is 2.50. The number of fused-ring (bicyclic) bond motifs is 1. The first-order valence-electron chi connectivity index (χ1n) is 4.79. The monoisotopic (exact) mass is 205 g/mol. The minimum atomic E-state index is -1.47. The Bertz CT molecular complexity index is 406. The van der Waals surface area contributed by atoms with Gasteiger partial charge in [-0.2, -0.15) is 0 Å². The molecule has 2 N–H and O–H groups in total. The molecule has 0 atom stereocenters. The molecule has 0 saturated carbocycles. The summed E-state index contributed by atoms with van der Waals surface area (Å²) in [7, 11) is 0.296. The molecule has 1 aliphatic heterocycles. The average Bonchev–Trinajstić information content (AvgIpc) is 2.19. The highest BCUT2D eigenvalue weighted by Gasteiger charge is 2.21. The molecule has 1 amide bonds. The van der Waals surface area contributed by atoms with E-state index in [1.165, 1.54) is 0 Å². The van der Waals surface area contributed by atoms with Crippen LogP contribution >= 0.6 is 0 Å². The van der Waals surface area contributed by atoms with Crippen molar-refractivity contribution in [3.63, 3.8) is 0 Å². The van der Waals surface area contributed by atoms with Gasteiger partial charge in [0.15, 0.2) is 0 Å². The van der Waals surface area contributed by atoms with Crippen molar-refractivity contribution >= 4 is 18.5 Å². The fourth-order valence-corrected chi connectivity index (χ4v) is 1.77. The number of carbonyl (C=O) groups excluding carboxylic acids is 1. The standard InChI is InChI=1S/C10H12BNO3/c1-12-6-7-2-3-9(11(14)15)4-8(7)5-10(12)13/h2-4,14-15H,5-6H2,1H3. The molecular formula is C10H12BNO3. The summed E-state index contributed by atoms with van der Waals surface area (Å²) in [5, 5.41) is 18.0. The minimum Gasteiger partial charge on any atom is -0.423 e. The number of rotatable bonds is 1. The zero-order valence-electron chi connectivity index (χ0n) is 8.47. The molecule has 78 valence electrons. The van der Waals surface area contributed by atoms with Crippen LogP contribution < -0.4 is 5.46 Å². The molecule has 0 spiro atoms. The lowest BCUT2D eigenvalue weighted by atomic mass is 9.78. The van der Waals surface area contributed by atoms with Crippen LogP contribution in [0.4, 0.5) is 0 Å². The van der Waals surface area contributed by atoms with E-state index >= 15 is 0 Å². The lowest BCUT2D eigenvalue weighted by molar-refractivity contribution is -0.130. The van der Waals surface area contributed by atoms with E-state index in [1.807, 2.05) is 6.07 Å². The highest BCUT2D eigenvalue weighted by Crippen LogP contribution is 2.17. The molecule has 0 aromatic heterocycles. The molecule has 0 radical (unpaired) electrons. The largest absolute Gasteiger partial charge is 0.488 e. The highest BCUT2D eigenvalue weighted by molar-refractivity contribution is 6.58. The van der Waals surface area contributed by atoms with Crippen molar-refractivity contribution in [1.82, 2.24) is 4.90 Å². The minimum absolute atomic E-state index is 0.0621. The van der Waals surface area contributed by atoms with E-state index in [4.69, 9.17) is 10.0 Å². The lowest BCUT2D eigenvalue weighted by Crippen LogP contribution is -2.35. The van der Waals surface area contributed by atoms with Gasteiger partial charge in [-0.05, 0) is 16.6 Å². The predicted molar refractivity (Wildman–Crippen MR) is 56.4 cm³/mol. The maximum Gasteiger partial charge on any atom is 0.488 e. The van der Waals surface area contributed by atoms with Crippen molar-refractivity contribution in [3.05, 3.63) is 29.3 Å². The molecular weight excluding hydrogens is 193 g/mol. The van der Waals surface area contributed by atoms with E-state index in [1.54, 1.807) is 24.1 Å². The van der Waals surface area contributed by atoms with Crippen molar-refractivity contribution in [1.29, 1.82) is 0 Å². The van der Waals surface area contributed by atoms with Gasteiger partial charge in [-0.15, -0.1) is 0 Å². The third-order valence-corrected chi connectivity index (χ3v) is 2.70. The summed E-state index contributed by atoms with van der Waals surface area (Å²) in [6.45, 7) is 0.593.